The number of hydrogen-bond donors (Lipinski definition) is 3. The van der Waals surface area contributed by atoms with Gasteiger partial charge in [-0.3, -0.25) is 13.9 Å². The molecule has 0 radical (unpaired) electrons. The van der Waals surface area contributed by atoms with Crippen LogP contribution in [0.15, 0.2) is 65.6 Å². The predicted octanol–water partition coefficient (Wildman–Crippen LogP) is 6.82. The van der Waals surface area contributed by atoms with Gasteiger partial charge in [-0.1, -0.05) is 30.3 Å². The lowest BCUT2D eigenvalue weighted by atomic mass is 9.86. The molecule has 1 heterocycles. The first kappa shape index (κ1) is 29.5. The summed E-state index contributed by atoms with van der Waals surface area (Å²) in [5.74, 6) is -2.08. The van der Waals surface area contributed by atoms with Gasteiger partial charge in [0.1, 0.15) is 28.2 Å². The molecule has 8 nitrogen and oxygen atoms in total. The number of para-hydroxylation sites is 1. The summed E-state index contributed by atoms with van der Waals surface area (Å²) in [4.78, 5) is 12.1. The normalized spacial score (nSPS) is 18.6. The fraction of sp³-hybridized carbons (Fsp3) is 0.321. The minimum atomic E-state index is -4.95. The molecule has 1 aliphatic rings. The number of ether oxygens (including phenoxy) is 3. The van der Waals surface area contributed by atoms with Gasteiger partial charge in [0, 0.05) is 18.5 Å². The molecule has 0 bridgehead atoms. The largest absolute Gasteiger partial charge is 0.573 e. The molecule has 3 N–H and O–H groups in total. The van der Waals surface area contributed by atoms with Crippen molar-refractivity contribution >= 4 is 16.7 Å². The van der Waals surface area contributed by atoms with Crippen LogP contribution in [-0.2, 0) is 11.3 Å². The quantitative estimate of drug-likeness (QED) is 0.266. The Morgan fingerprint density at radius 2 is 1.80 bits per heavy atom. The molecule has 1 unspecified atom stereocenters. The number of nitrogens with zero attached hydrogens (tertiary/aromatic N) is 1. The summed E-state index contributed by atoms with van der Waals surface area (Å²) in [7, 11) is -2.14. The smallest absolute Gasteiger partial charge is 0.497 e. The molecule has 2 atom stereocenters. The van der Waals surface area contributed by atoms with Gasteiger partial charge in [0.2, 0.25) is 0 Å². The number of alkyl halides is 3. The van der Waals surface area contributed by atoms with Gasteiger partial charge in [-0.15, -0.1) is 23.9 Å². The van der Waals surface area contributed by atoms with Crippen molar-refractivity contribution < 1.29 is 46.4 Å². The average Bonchev–Trinajstić information content (AvgIpc) is 2.95. The number of aryl methyl sites for hydroxylation is 1. The van der Waals surface area contributed by atoms with Gasteiger partial charge in [0.25, 0.3) is 0 Å². The lowest BCUT2D eigenvalue weighted by Gasteiger charge is -2.42. The lowest BCUT2D eigenvalue weighted by Crippen LogP contribution is -2.33. The zero-order chi connectivity index (χ0) is 29.2. The molecule has 0 aliphatic carbocycles. The Kier molecular flexibility index (Phi) is 8.55. The molecule has 0 saturated heterocycles. The average molecular weight is 582 g/mol. The molecule has 40 heavy (non-hydrogen) atoms. The maximum absolute atomic E-state index is 13.0. The fourth-order valence-electron chi connectivity index (χ4n) is 4.69. The number of hydrogen-bond acceptors (Lipinski definition) is 7. The molecule has 0 amide bonds. The molecule has 0 spiro atoms. The number of carboxylic acids is 1. The van der Waals surface area contributed by atoms with E-state index in [4.69, 9.17) is 9.47 Å². The summed E-state index contributed by atoms with van der Waals surface area (Å²) in [6.45, 7) is 3.96. The molecule has 216 valence electrons. The summed E-state index contributed by atoms with van der Waals surface area (Å²) in [6.07, 6.45) is -5.72. The van der Waals surface area contributed by atoms with Gasteiger partial charge >= 0.3 is 12.3 Å². The van der Waals surface area contributed by atoms with Crippen molar-refractivity contribution in [1.29, 1.82) is 0 Å². The molecule has 1 aliphatic heterocycles. The second-order valence-electron chi connectivity index (χ2n) is 9.54. The first-order chi connectivity index (χ1) is 18.8. The zero-order valence-electron chi connectivity index (χ0n) is 22.0. The van der Waals surface area contributed by atoms with E-state index < -0.39 is 41.2 Å². The van der Waals surface area contributed by atoms with E-state index in [1.165, 1.54) is 17.5 Å². The maximum Gasteiger partial charge on any atom is 0.573 e. The summed E-state index contributed by atoms with van der Waals surface area (Å²) < 4.78 is 78.1. The van der Waals surface area contributed by atoms with E-state index in [2.05, 4.69) is 4.74 Å². The van der Waals surface area contributed by atoms with Gasteiger partial charge in [0.05, 0.1) is 20.1 Å². The van der Waals surface area contributed by atoms with E-state index >= 15 is 0 Å². The molecule has 0 fully saturated rings. The van der Waals surface area contributed by atoms with E-state index in [0.717, 1.165) is 17.7 Å². The number of carbonyl (C=O) groups is 1. The van der Waals surface area contributed by atoms with Crippen LogP contribution in [0, 0.1) is 6.92 Å². The fourth-order valence-corrected chi connectivity index (χ4v) is 6.35. The third-order valence-corrected chi connectivity index (χ3v) is 8.49. The third-order valence-electron chi connectivity index (χ3n) is 6.57. The van der Waals surface area contributed by atoms with Crippen molar-refractivity contribution in [3.63, 3.8) is 0 Å². The third kappa shape index (κ3) is 6.81. The highest BCUT2D eigenvalue weighted by atomic mass is 32.3. The number of halogens is 3. The number of fused-ring (bicyclic) bond motifs is 1. The molecule has 0 aromatic heterocycles. The van der Waals surface area contributed by atoms with Crippen molar-refractivity contribution in [2.45, 2.75) is 50.1 Å². The van der Waals surface area contributed by atoms with Crippen LogP contribution >= 0.6 is 10.8 Å². The summed E-state index contributed by atoms with van der Waals surface area (Å²) in [6, 6.07) is 15.6. The van der Waals surface area contributed by atoms with Crippen LogP contribution in [0.4, 0.5) is 13.2 Å². The second-order valence-corrected chi connectivity index (χ2v) is 11.5. The van der Waals surface area contributed by atoms with Gasteiger partial charge in [0.15, 0.2) is 0 Å². The van der Waals surface area contributed by atoms with Crippen molar-refractivity contribution in [2.75, 3.05) is 13.7 Å². The van der Waals surface area contributed by atoms with Crippen LogP contribution in [0.5, 0.6) is 17.2 Å². The summed E-state index contributed by atoms with van der Waals surface area (Å²) in [5, 5.41) is 9.67. The highest BCUT2D eigenvalue weighted by Crippen LogP contribution is 2.57. The number of rotatable bonds is 8. The molecule has 3 aromatic carbocycles. The van der Waals surface area contributed by atoms with Crippen molar-refractivity contribution in [2.24, 2.45) is 0 Å². The molecule has 0 saturated carbocycles. The van der Waals surface area contributed by atoms with Crippen LogP contribution in [-0.4, -0.2) is 50.6 Å². The Balaban J connectivity index is 1.74. The van der Waals surface area contributed by atoms with Crippen LogP contribution in [0.1, 0.15) is 41.5 Å². The highest BCUT2D eigenvalue weighted by molar-refractivity contribution is 8.22. The molecule has 3 aromatic rings. The number of carboxylic acid groups (broad SMARTS) is 1. The Bertz CT molecular complexity index is 1380. The lowest BCUT2D eigenvalue weighted by molar-refractivity contribution is -0.274. The SMILES string of the molecule is COc1cc(OC(F)(F)F)cc(C(CC(=O)O)c2ccc(C)c(CN3C[C@@H](C)Oc4ccccc4S3(O)O)c2)c1. The van der Waals surface area contributed by atoms with Gasteiger partial charge < -0.3 is 19.3 Å². The minimum Gasteiger partial charge on any atom is -0.497 e. The number of aliphatic carboxylic acids is 1. The highest BCUT2D eigenvalue weighted by Gasteiger charge is 2.35. The topological polar surface area (TPSA) is 109 Å². The van der Waals surface area contributed by atoms with Gasteiger partial charge in [-0.2, -0.15) is 4.31 Å². The van der Waals surface area contributed by atoms with Crippen LogP contribution in [0.2, 0.25) is 0 Å². The van der Waals surface area contributed by atoms with Crippen LogP contribution in [0.3, 0.4) is 0 Å². The van der Waals surface area contributed by atoms with E-state index in [1.807, 2.05) is 13.8 Å². The number of methoxy groups -OCH3 is 1. The van der Waals surface area contributed by atoms with Gasteiger partial charge in [-0.25, -0.2) is 0 Å². The summed E-state index contributed by atoms with van der Waals surface area (Å²) >= 11 is 0. The summed E-state index contributed by atoms with van der Waals surface area (Å²) in [5.41, 5.74) is 2.27. The first-order valence-electron chi connectivity index (χ1n) is 12.3. The maximum atomic E-state index is 13.0. The van der Waals surface area contributed by atoms with E-state index in [0.29, 0.717) is 16.9 Å². The monoisotopic (exact) mass is 581 g/mol. The van der Waals surface area contributed by atoms with Crippen molar-refractivity contribution in [3.05, 3.63) is 82.9 Å². The predicted molar refractivity (Wildman–Crippen MR) is 143 cm³/mol. The number of benzene rings is 3. The first-order valence-corrected chi connectivity index (χ1v) is 13.8. The minimum absolute atomic E-state index is 0.0747. The zero-order valence-corrected chi connectivity index (χ0v) is 22.8. The standard InChI is InChI=1S/C28H30F3NO7S/c1-17-8-9-19(24(14-27(33)34)20-11-22(37-3)13-23(12-20)39-28(29,30)31)10-21(17)16-32-15-18(2)38-25-6-4-5-7-26(25)40(32,35)36/h4-13,18,24,35-36H,14-16H2,1-3H3,(H,33,34)/t18-,24?/m1/s1. The molecular formula is C28H30F3NO7S. The van der Waals surface area contributed by atoms with Crippen LogP contribution in [0.25, 0.3) is 0 Å². The molecular weight excluding hydrogens is 551 g/mol. The van der Waals surface area contributed by atoms with E-state index in [-0.39, 0.29) is 35.4 Å². The van der Waals surface area contributed by atoms with Crippen molar-refractivity contribution in [3.8, 4) is 17.2 Å². The Labute approximate surface area is 231 Å². The molecule has 4 rings (SSSR count). The van der Waals surface area contributed by atoms with E-state index in [9.17, 15) is 32.2 Å². The van der Waals surface area contributed by atoms with Crippen LogP contribution < -0.4 is 14.2 Å². The van der Waals surface area contributed by atoms with E-state index in [1.54, 1.807) is 42.5 Å². The second kappa shape index (κ2) is 11.6. The molecule has 12 heteroatoms. The Morgan fingerprint density at radius 1 is 1.10 bits per heavy atom. The van der Waals surface area contributed by atoms with Crippen molar-refractivity contribution in [1.82, 2.24) is 4.31 Å². The Hall–Kier alpha value is -3.45. The Morgan fingerprint density at radius 3 is 2.48 bits per heavy atom. The van der Waals surface area contributed by atoms with Gasteiger partial charge in [-0.05, 0) is 60.4 Å².